The largest absolute Gasteiger partial charge is 0.390 e. The molecule has 3 unspecified atom stereocenters. The first kappa shape index (κ1) is 13.5. The van der Waals surface area contributed by atoms with Crippen LogP contribution in [0.4, 0.5) is 0 Å². The van der Waals surface area contributed by atoms with E-state index in [0.29, 0.717) is 24.8 Å². The van der Waals surface area contributed by atoms with Gasteiger partial charge in [-0.1, -0.05) is 13.8 Å². The van der Waals surface area contributed by atoms with Crippen LogP contribution in [0, 0.1) is 17.8 Å². The quantitative estimate of drug-likeness (QED) is 0.774. The van der Waals surface area contributed by atoms with Crippen molar-refractivity contribution in [2.75, 3.05) is 6.54 Å². The van der Waals surface area contributed by atoms with Crippen molar-refractivity contribution in [3.05, 3.63) is 0 Å². The van der Waals surface area contributed by atoms with Crippen LogP contribution >= 0.6 is 0 Å². The Hall–Kier alpha value is -0.570. The summed E-state index contributed by atoms with van der Waals surface area (Å²) in [6, 6.07) is 0. The number of aliphatic hydroxyl groups is 1. The minimum atomic E-state index is -0.666. The van der Waals surface area contributed by atoms with E-state index in [0.717, 1.165) is 12.8 Å². The number of hydrogen-bond acceptors (Lipinski definition) is 2. The lowest BCUT2D eigenvalue weighted by molar-refractivity contribution is -0.133. The molecule has 0 bridgehead atoms. The topological polar surface area (TPSA) is 49.3 Å². The van der Waals surface area contributed by atoms with E-state index in [9.17, 15) is 9.90 Å². The monoisotopic (exact) mass is 227 g/mol. The summed E-state index contributed by atoms with van der Waals surface area (Å²) in [5, 5.41) is 13.0. The van der Waals surface area contributed by atoms with Gasteiger partial charge in [0.1, 0.15) is 0 Å². The van der Waals surface area contributed by atoms with E-state index < -0.39 is 5.60 Å². The van der Waals surface area contributed by atoms with Gasteiger partial charge in [0.2, 0.25) is 5.91 Å². The molecular formula is C13H25NO2. The van der Waals surface area contributed by atoms with Crippen LogP contribution in [0.15, 0.2) is 0 Å². The van der Waals surface area contributed by atoms with Gasteiger partial charge < -0.3 is 10.4 Å². The molecule has 1 rings (SSSR count). The number of nitrogens with one attached hydrogen (secondary N) is 1. The van der Waals surface area contributed by atoms with Crippen molar-refractivity contribution in [1.82, 2.24) is 5.32 Å². The molecule has 0 radical (unpaired) electrons. The van der Waals surface area contributed by atoms with Crippen LogP contribution in [0.1, 0.15) is 47.0 Å². The van der Waals surface area contributed by atoms with E-state index >= 15 is 0 Å². The summed E-state index contributed by atoms with van der Waals surface area (Å²) in [6.07, 6.45) is 2.36. The van der Waals surface area contributed by atoms with Gasteiger partial charge in [-0.05, 0) is 44.9 Å². The smallest absolute Gasteiger partial charge is 0.223 e. The minimum absolute atomic E-state index is 0.0244. The molecule has 2 N–H and O–H groups in total. The molecule has 0 aromatic heterocycles. The standard InChI is InChI=1S/C13H25NO2/c1-5-14-12(15)11-8-13(4,16)7-6-10(11)9(2)3/h9-11,16H,5-8H2,1-4H3,(H,14,15). The average Bonchev–Trinajstić information content (AvgIpc) is 2.16. The van der Waals surface area contributed by atoms with Gasteiger partial charge in [0.15, 0.2) is 0 Å². The summed E-state index contributed by atoms with van der Waals surface area (Å²) in [5.74, 6) is 1.00. The molecule has 1 saturated carbocycles. The highest BCUT2D eigenvalue weighted by Crippen LogP contribution is 2.40. The van der Waals surface area contributed by atoms with E-state index in [1.54, 1.807) is 0 Å². The van der Waals surface area contributed by atoms with Crippen molar-refractivity contribution in [2.24, 2.45) is 17.8 Å². The summed E-state index contributed by atoms with van der Waals surface area (Å²) in [6.45, 7) is 8.77. The Morgan fingerprint density at radius 1 is 1.56 bits per heavy atom. The van der Waals surface area contributed by atoms with Gasteiger partial charge in [0.05, 0.1) is 5.60 Å². The zero-order chi connectivity index (χ0) is 12.3. The number of carbonyl (C=O) groups excluding carboxylic acids is 1. The molecule has 3 atom stereocenters. The summed E-state index contributed by atoms with van der Waals surface area (Å²) in [4.78, 5) is 12.0. The van der Waals surface area contributed by atoms with E-state index in [1.807, 2.05) is 13.8 Å². The summed E-state index contributed by atoms with van der Waals surface area (Å²) in [7, 11) is 0. The molecule has 1 fully saturated rings. The number of hydrogen-bond donors (Lipinski definition) is 2. The van der Waals surface area contributed by atoms with E-state index in [-0.39, 0.29) is 11.8 Å². The van der Waals surface area contributed by atoms with Crippen LogP contribution in [-0.2, 0) is 4.79 Å². The highest BCUT2D eigenvalue weighted by Gasteiger charge is 2.40. The van der Waals surface area contributed by atoms with Crippen molar-refractivity contribution in [3.63, 3.8) is 0 Å². The van der Waals surface area contributed by atoms with Gasteiger partial charge in [0.25, 0.3) is 0 Å². The molecule has 0 aromatic carbocycles. The first-order valence-electron chi connectivity index (χ1n) is 6.37. The molecule has 0 aliphatic heterocycles. The van der Waals surface area contributed by atoms with E-state index in [1.165, 1.54) is 0 Å². The summed E-state index contributed by atoms with van der Waals surface area (Å²) in [5.41, 5.74) is -0.666. The number of amides is 1. The Morgan fingerprint density at radius 2 is 2.19 bits per heavy atom. The molecule has 3 nitrogen and oxygen atoms in total. The zero-order valence-corrected chi connectivity index (χ0v) is 10.9. The third-order valence-electron chi connectivity index (χ3n) is 3.74. The Bertz CT molecular complexity index is 248. The first-order chi connectivity index (χ1) is 7.37. The predicted molar refractivity (Wildman–Crippen MR) is 65.0 cm³/mol. The Labute approximate surface area is 98.6 Å². The lowest BCUT2D eigenvalue weighted by Gasteiger charge is -2.40. The maximum absolute atomic E-state index is 12.0. The van der Waals surface area contributed by atoms with Gasteiger partial charge in [-0.3, -0.25) is 4.79 Å². The van der Waals surface area contributed by atoms with Gasteiger partial charge in [-0.2, -0.15) is 0 Å². The summed E-state index contributed by atoms with van der Waals surface area (Å²) >= 11 is 0. The normalized spacial score (nSPS) is 35.1. The zero-order valence-electron chi connectivity index (χ0n) is 10.9. The SMILES string of the molecule is CCNC(=O)C1CC(C)(O)CCC1C(C)C. The molecule has 1 aliphatic carbocycles. The van der Waals surface area contributed by atoms with Crippen LogP contribution in [-0.4, -0.2) is 23.2 Å². The van der Waals surface area contributed by atoms with Crippen molar-refractivity contribution < 1.29 is 9.90 Å². The minimum Gasteiger partial charge on any atom is -0.390 e. The second kappa shape index (κ2) is 5.17. The Kier molecular flexibility index (Phi) is 4.36. The van der Waals surface area contributed by atoms with Crippen LogP contribution < -0.4 is 5.32 Å². The van der Waals surface area contributed by atoms with Crippen LogP contribution in [0.2, 0.25) is 0 Å². The van der Waals surface area contributed by atoms with Crippen molar-refractivity contribution >= 4 is 5.91 Å². The molecule has 0 heterocycles. The van der Waals surface area contributed by atoms with Gasteiger partial charge in [-0.25, -0.2) is 0 Å². The molecule has 0 spiro atoms. The molecule has 16 heavy (non-hydrogen) atoms. The average molecular weight is 227 g/mol. The Morgan fingerprint density at radius 3 is 2.69 bits per heavy atom. The van der Waals surface area contributed by atoms with E-state index in [2.05, 4.69) is 19.2 Å². The predicted octanol–water partition coefficient (Wildman–Crippen LogP) is 1.95. The summed E-state index contributed by atoms with van der Waals surface area (Å²) < 4.78 is 0. The van der Waals surface area contributed by atoms with E-state index in [4.69, 9.17) is 0 Å². The first-order valence-corrected chi connectivity index (χ1v) is 6.37. The number of rotatable bonds is 3. The van der Waals surface area contributed by atoms with Gasteiger partial charge in [0, 0.05) is 12.5 Å². The maximum Gasteiger partial charge on any atom is 0.223 e. The Balaban J connectivity index is 2.75. The molecule has 1 aliphatic rings. The number of carbonyl (C=O) groups is 1. The lowest BCUT2D eigenvalue weighted by Crippen LogP contribution is -2.45. The maximum atomic E-state index is 12.0. The third-order valence-corrected chi connectivity index (χ3v) is 3.74. The fraction of sp³-hybridized carbons (Fsp3) is 0.923. The fourth-order valence-corrected chi connectivity index (χ4v) is 2.80. The van der Waals surface area contributed by atoms with Crippen molar-refractivity contribution in [2.45, 2.75) is 52.6 Å². The molecule has 3 heteroatoms. The van der Waals surface area contributed by atoms with Crippen molar-refractivity contribution in [1.29, 1.82) is 0 Å². The van der Waals surface area contributed by atoms with Crippen molar-refractivity contribution in [3.8, 4) is 0 Å². The highest BCUT2D eigenvalue weighted by molar-refractivity contribution is 5.79. The van der Waals surface area contributed by atoms with Crippen LogP contribution in [0.5, 0.6) is 0 Å². The van der Waals surface area contributed by atoms with Crippen LogP contribution in [0.3, 0.4) is 0 Å². The second-order valence-corrected chi connectivity index (χ2v) is 5.65. The third kappa shape index (κ3) is 3.21. The molecule has 94 valence electrons. The van der Waals surface area contributed by atoms with Crippen LogP contribution in [0.25, 0.3) is 0 Å². The van der Waals surface area contributed by atoms with Gasteiger partial charge in [-0.15, -0.1) is 0 Å². The second-order valence-electron chi connectivity index (χ2n) is 5.65. The highest BCUT2D eigenvalue weighted by atomic mass is 16.3. The van der Waals surface area contributed by atoms with Gasteiger partial charge >= 0.3 is 0 Å². The fourth-order valence-electron chi connectivity index (χ4n) is 2.80. The molecular weight excluding hydrogens is 202 g/mol. The molecule has 0 aromatic rings. The molecule has 1 amide bonds. The molecule has 0 saturated heterocycles. The lowest BCUT2D eigenvalue weighted by atomic mass is 9.68.